The minimum absolute atomic E-state index is 0.207. The van der Waals surface area contributed by atoms with Gasteiger partial charge in [-0.15, -0.1) is 0 Å². The Morgan fingerprint density at radius 3 is 3.12 bits per heavy atom. The molecule has 2 aromatic carbocycles. The van der Waals surface area contributed by atoms with Crippen molar-refractivity contribution < 1.29 is 4.39 Å². The van der Waals surface area contributed by atoms with Crippen molar-refractivity contribution in [2.45, 2.75) is 6.42 Å². The Labute approximate surface area is 98.1 Å². The van der Waals surface area contributed by atoms with Crippen LogP contribution < -0.4 is 0 Å². The smallest absolute Gasteiger partial charge is 0.123 e. The van der Waals surface area contributed by atoms with Gasteiger partial charge in [0.2, 0.25) is 0 Å². The zero-order valence-electron chi connectivity index (χ0n) is 9.07. The molecule has 0 atom stereocenters. The number of nitrogens with zero attached hydrogens (tertiary/aromatic N) is 1. The summed E-state index contributed by atoms with van der Waals surface area (Å²) in [5.41, 5.74) is 2.95. The second-order valence-electron chi connectivity index (χ2n) is 3.96. The average molecular weight is 225 g/mol. The van der Waals surface area contributed by atoms with Gasteiger partial charge in [-0.3, -0.25) is 5.10 Å². The van der Waals surface area contributed by atoms with Gasteiger partial charge in [-0.25, -0.2) is 4.39 Å². The third kappa shape index (κ3) is 1.91. The van der Waals surface area contributed by atoms with E-state index >= 15 is 0 Å². The number of hydrogen-bond donors (Lipinski definition) is 1. The van der Waals surface area contributed by atoms with E-state index in [1.54, 1.807) is 18.3 Å². The molecule has 3 aromatic rings. The van der Waals surface area contributed by atoms with Gasteiger partial charge in [0.1, 0.15) is 5.82 Å². The molecule has 3 rings (SSSR count). The average Bonchev–Trinajstić information content (AvgIpc) is 2.78. The van der Waals surface area contributed by atoms with Crippen LogP contribution in [0.2, 0.25) is 0 Å². The Bertz CT molecular complexity index is 658. The second kappa shape index (κ2) is 4.01. The monoisotopic (exact) mass is 225 g/mol. The third-order valence-electron chi connectivity index (χ3n) is 2.77. The molecule has 0 aliphatic rings. The number of benzene rings is 2. The Hall–Kier alpha value is -2.16. The van der Waals surface area contributed by atoms with Crippen molar-refractivity contribution in [3.05, 3.63) is 65.6 Å². The van der Waals surface area contributed by atoms with Gasteiger partial charge in [-0.1, -0.05) is 18.2 Å². The SMILES string of the molecule is Fc1cccc(Cc2[c]ccc3[nH]ncc23)c1. The van der Waals surface area contributed by atoms with E-state index in [-0.39, 0.29) is 5.82 Å². The number of hydrogen-bond acceptors (Lipinski definition) is 1. The molecule has 0 saturated heterocycles. The van der Waals surface area contributed by atoms with Crippen LogP contribution in [0, 0.1) is 11.9 Å². The lowest BCUT2D eigenvalue weighted by Crippen LogP contribution is -1.90. The van der Waals surface area contributed by atoms with Crippen LogP contribution in [0.4, 0.5) is 4.39 Å². The zero-order chi connectivity index (χ0) is 11.7. The molecule has 0 aliphatic carbocycles. The van der Waals surface area contributed by atoms with Crippen LogP contribution in [0.1, 0.15) is 11.1 Å². The van der Waals surface area contributed by atoms with Crippen LogP contribution in [0.3, 0.4) is 0 Å². The van der Waals surface area contributed by atoms with Gasteiger partial charge in [-0.05, 0) is 41.8 Å². The molecule has 1 radical (unpaired) electrons. The molecule has 3 heteroatoms. The van der Waals surface area contributed by atoms with Crippen molar-refractivity contribution in [2.24, 2.45) is 0 Å². The van der Waals surface area contributed by atoms with Crippen molar-refractivity contribution in [2.75, 3.05) is 0 Å². The Morgan fingerprint density at radius 2 is 2.24 bits per heavy atom. The van der Waals surface area contributed by atoms with Gasteiger partial charge in [-0.2, -0.15) is 5.10 Å². The fourth-order valence-electron chi connectivity index (χ4n) is 1.96. The summed E-state index contributed by atoms with van der Waals surface area (Å²) < 4.78 is 13.1. The number of aromatic amines is 1. The van der Waals surface area contributed by atoms with Crippen molar-refractivity contribution in [1.29, 1.82) is 0 Å². The first-order valence-electron chi connectivity index (χ1n) is 5.40. The summed E-state index contributed by atoms with van der Waals surface area (Å²) in [6, 6.07) is 13.6. The predicted octanol–water partition coefficient (Wildman–Crippen LogP) is 3.09. The van der Waals surface area contributed by atoms with Crippen molar-refractivity contribution in [3.63, 3.8) is 0 Å². The molecule has 1 heterocycles. The van der Waals surface area contributed by atoms with Gasteiger partial charge in [0.15, 0.2) is 0 Å². The predicted molar refractivity (Wildman–Crippen MR) is 64.1 cm³/mol. The first-order chi connectivity index (χ1) is 8.33. The summed E-state index contributed by atoms with van der Waals surface area (Å²) in [6.07, 6.45) is 2.44. The summed E-state index contributed by atoms with van der Waals surface area (Å²) in [4.78, 5) is 0. The highest BCUT2D eigenvalue weighted by atomic mass is 19.1. The van der Waals surface area contributed by atoms with E-state index in [4.69, 9.17) is 0 Å². The van der Waals surface area contributed by atoms with E-state index in [2.05, 4.69) is 16.3 Å². The molecule has 17 heavy (non-hydrogen) atoms. The highest BCUT2D eigenvalue weighted by Gasteiger charge is 2.04. The Morgan fingerprint density at radius 1 is 1.29 bits per heavy atom. The maximum atomic E-state index is 13.1. The molecule has 1 aromatic heterocycles. The summed E-state index contributed by atoms with van der Waals surface area (Å²) in [6.45, 7) is 0. The van der Waals surface area contributed by atoms with Crippen LogP contribution in [0.15, 0.2) is 42.6 Å². The summed E-state index contributed by atoms with van der Waals surface area (Å²) in [5, 5.41) is 7.95. The number of H-pyrrole nitrogens is 1. The molecule has 2 nitrogen and oxygen atoms in total. The Balaban J connectivity index is 2.02. The molecule has 0 spiro atoms. The van der Waals surface area contributed by atoms with E-state index in [1.165, 1.54) is 6.07 Å². The fourth-order valence-corrected chi connectivity index (χ4v) is 1.96. The minimum Gasteiger partial charge on any atom is -0.278 e. The van der Waals surface area contributed by atoms with Crippen LogP contribution in [0.5, 0.6) is 0 Å². The molecule has 1 N–H and O–H groups in total. The lowest BCUT2D eigenvalue weighted by atomic mass is 10.0. The lowest BCUT2D eigenvalue weighted by molar-refractivity contribution is 0.626. The number of fused-ring (bicyclic) bond motifs is 1. The molecule has 0 amide bonds. The summed E-state index contributed by atoms with van der Waals surface area (Å²) in [7, 11) is 0. The second-order valence-corrected chi connectivity index (χ2v) is 3.96. The fraction of sp³-hybridized carbons (Fsp3) is 0.0714. The van der Waals surface area contributed by atoms with Crippen molar-refractivity contribution in [1.82, 2.24) is 10.2 Å². The van der Waals surface area contributed by atoms with Crippen LogP contribution >= 0.6 is 0 Å². The van der Waals surface area contributed by atoms with Gasteiger partial charge in [0.25, 0.3) is 0 Å². The van der Waals surface area contributed by atoms with E-state index < -0.39 is 0 Å². The molecular weight excluding hydrogens is 215 g/mol. The first-order valence-corrected chi connectivity index (χ1v) is 5.40. The summed E-state index contributed by atoms with van der Waals surface area (Å²) >= 11 is 0. The molecule has 0 bridgehead atoms. The number of nitrogens with one attached hydrogen (secondary N) is 1. The Kier molecular flexibility index (Phi) is 2.37. The van der Waals surface area contributed by atoms with Crippen molar-refractivity contribution in [3.8, 4) is 0 Å². The third-order valence-corrected chi connectivity index (χ3v) is 2.77. The van der Waals surface area contributed by atoms with Gasteiger partial charge in [0.05, 0.1) is 11.7 Å². The van der Waals surface area contributed by atoms with E-state index in [9.17, 15) is 4.39 Å². The van der Waals surface area contributed by atoms with Crippen LogP contribution in [-0.2, 0) is 6.42 Å². The highest BCUT2D eigenvalue weighted by Crippen LogP contribution is 2.19. The van der Waals surface area contributed by atoms with Gasteiger partial charge < -0.3 is 0 Å². The van der Waals surface area contributed by atoms with Crippen LogP contribution in [-0.4, -0.2) is 10.2 Å². The molecule has 0 unspecified atom stereocenters. The maximum Gasteiger partial charge on any atom is 0.123 e. The molecule has 83 valence electrons. The molecule has 0 fully saturated rings. The molecule has 0 saturated carbocycles. The van der Waals surface area contributed by atoms with E-state index in [0.29, 0.717) is 6.42 Å². The lowest BCUT2D eigenvalue weighted by Gasteiger charge is -2.03. The molecular formula is C14H10FN2. The topological polar surface area (TPSA) is 28.7 Å². The highest BCUT2D eigenvalue weighted by molar-refractivity contribution is 5.81. The maximum absolute atomic E-state index is 13.1. The summed E-state index contributed by atoms with van der Waals surface area (Å²) in [5.74, 6) is -0.207. The number of rotatable bonds is 2. The number of halogens is 1. The first kappa shape index (κ1) is 10.0. The quantitative estimate of drug-likeness (QED) is 0.713. The van der Waals surface area contributed by atoms with Gasteiger partial charge >= 0.3 is 0 Å². The largest absolute Gasteiger partial charge is 0.278 e. The standard InChI is InChI=1S/C14H10FN2/c15-12-5-1-3-10(8-12)7-11-4-2-6-14-13(11)9-16-17-14/h1-3,5-6,8-9H,7H2,(H,16,17). The van der Waals surface area contributed by atoms with E-state index in [1.807, 2.05) is 18.2 Å². The zero-order valence-corrected chi connectivity index (χ0v) is 9.07. The van der Waals surface area contributed by atoms with Gasteiger partial charge in [0, 0.05) is 5.39 Å². The van der Waals surface area contributed by atoms with Crippen molar-refractivity contribution >= 4 is 10.9 Å². The molecule has 0 aliphatic heterocycles. The number of aromatic nitrogens is 2. The minimum atomic E-state index is -0.207. The normalized spacial score (nSPS) is 10.9. The van der Waals surface area contributed by atoms with E-state index in [0.717, 1.165) is 22.0 Å². The van der Waals surface area contributed by atoms with Crippen LogP contribution in [0.25, 0.3) is 10.9 Å².